The number of phenols is 1. The van der Waals surface area contributed by atoms with E-state index in [-0.39, 0.29) is 62.7 Å². The zero-order valence-electron chi connectivity index (χ0n) is 8.27. The van der Waals surface area contributed by atoms with E-state index in [1.54, 1.807) is 24.3 Å². The van der Waals surface area contributed by atoms with Crippen molar-refractivity contribution in [3.8, 4) is 5.75 Å². The van der Waals surface area contributed by atoms with E-state index in [0.717, 1.165) is 5.39 Å². The van der Waals surface area contributed by atoms with Gasteiger partial charge in [-0.2, -0.15) is 0 Å². The van der Waals surface area contributed by atoms with Crippen LogP contribution in [0.2, 0.25) is 0 Å². The van der Waals surface area contributed by atoms with Crippen LogP contribution in [0.25, 0.3) is 10.8 Å². The minimum atomic E-state index is -1.03. The SMILES string of the molecule is O=C(O)c1cccc2cccc(O)c12.[K]. The Bertz CT molecular complexity index is 503. The van der Waals surface area contributed by atoms with Gasteiger partial charge in [-0.25, -0.2) is 4.79 Å². The maximum atomic E-state index is 10.9. The summed E-state index contributed by atoms with van der Waals surface area (Å²) in [6.07, 6.45) is 0. The van der Waals surface area contributed by atoms with Crippen molar-refractivity contribution in [2.24, 2.45) is 0 Å². The Balaban J connectivity index is 0.00000112. The van der Waals surface area contributed by atoms with Gasteiger partial charge in [-0.3, -0.25) is 0 Å². The first-order valence-electron chi connectivity index (χ1n) is 4.14. The van der Waals surface area contributed by atoms with Crippen molar-refractivity contribution in [1.82, 2.24) is 0 Å². The fourth-order valence-electron chi connectivity index (χ4n) is 1.50. The Kier molecular flexibility index (Phi) is 4.30. The van der Waals surface area contributed by atoms with Gasteiger partial charge in [-0.1, -0.05) is 24.3 Å². The van der Waals surface area contributed by atoms with Crippen LogP contribution < -0.4 is 0 Å². The molecule has 0 aliphatic carbocycles. The number of aromatic carboxylic acids is 1. The summed E-state index contributed by atoms with van der Waals surface area (Å²) in [5.41, 5.74) is 0.126. The van der Waals surface area contributed by atoms with Crippen LogP contribution in [0.15, 0.2) is 36.4 Å². The summed E-state index contributed by atoms with van der Waals surface area (Å²) in [4.78, 5) is 10.9. The number of carbonyl (C=O) groups is 1. The van der Waals surface area contributed by atoms with E-state index in [1.165, 1.54) is 12.1 Å². The summed E-state index contributed by atoms with van der Waals surface area (Å²) in [5.74, 6) is -1.03. The maximum absolute atomic E-state index is 10.9. The molecule has 0 amide bonds. The topological polar surface area (TPSA) is 57.5 Å². The van der Waals surface area contributed by atoms with E-state index < -0.39 is 5.97 Å². The zero-order valence-corrected chi connectivity index (χ0v) is 11.4. The summed E-state index contributed by atoms with van der Waals surface area (Å²) in [7, 11) is 0. The molecule has 0 saturated heterocycles. The van der Waals surface area contributed by atoms with Crippen molar-refractivity contribution < 1.29 is 15.0 Å². The Hall–Kier alpha value is -0.394. The van der Waals surface area contributed by atoms with Gasteiger partial charge in [-0.05, 0) is 17.5 Å². The molecule has 2 rings (SSSR count). The Labute approximate surface area is 129 Å². The molecule has 15 heavy (non-hydrogen) atoms. The second kappa shape index (κ2) is 5.09. The third kappa shape index (κ3) is 2.41. The van der Waals surface area contributed by atoms with Crippen molar-refractivity contribution >= 4 is 68.1 Å². The van der Waals surface area contributed by atoms with Crippen LogP contribution in [0.1, 0.15) is 10.4 Å². The summed E-state index contributed by atoms with van der Waals surface area (Å²) >= 11 is 0. The molecule has 0 aromatic heterocycles. The number of rotatable bonds is 1. The molecule has 0 atom stereocenters. The number of hydrogen-bond acceptors (Lipinski definition) is 2. The van der Waals surface area contributed by atoms with Gasteiger partial charge in [0.2, 0.25) is 0 Å². The number of fused-ring (bicyclic) bond motifs is 1. The molecule has 4 heteroatoms. The van der Waals surface area contributed by atoms with E-state index in [1.807, 2.05) is 0 Å². The Morgan fingerprint density at radius 2 is 1.67 bits per heavy atom. The molecule has 0 spiro atoms. The van der Waals surface area contributed by atoms with Crippen LogP contribution in [0.4, 0.5) is 0 Å². The van der Waals surface area contributed by atoms with Crippen molar-refractivity contribution in [2.45, 2.75) is 0 Å². The van der Waals surface area contributed by atoms with E-state index in [9.17, 15) is 9.90 Å². The third-order valence-corrected chi connectivity index (χ3v) is 2.11. The molecule has 0 saturated carbocycles. The van der Waals surface area contributed by atoms with Crippen LogP contribution in [0.3, 0.4) is 0 Å². The molecule has 0 fully saturated rings. The quantitative estimate of drug-likeness (QED) is 0.731. The van der Waals surface area contributed by atoms with Crippen LogP contribution >= 0.6 is 0 Å². The molecule has 0 aliphatic rings. The van der Waals surface area contributed by atoms with E-state index >= 15 is 0 Å². The second-order valence-electron chi connectivity index (χ2n) is 2.99. The first-order chi connectivity index (χ1) is 6.70. The van der Waals surface area contributed by atoms with Gasteiger partial charge < -0.3 is 10.2 Å². The molecule has 1 radical (unpaired) electrons. The van der Waals surface area contributed by atoms with Crippen molar-refractivity contribution in [1.29, 1.82) is 0 Å². The number of phenolic OH excluding ortho intramolecular Hbond substituents is 1. The summed E-state index contributed by atoms with van der Waals surface area (Å²) in [5, 5.41) is 19.6. The van der Waals surface area contributed by atoms with Crippen LogP contribution in [0, 0.1) is 0 Å². The van der Waals surface area contributed by atoms with Gasteiger partial charge in [0.25, 0.3) is 0 Å². The predicted molar refractivity (Wildman–Crippen MR) is 58.3 cm³/mol. The molecule has 0 unspecified atom stereocenters. The molecule has 2 aromatic rings. The largest absolute Gasteiger partial charge is 0.507 e. The monoisotopic (exact) mass is 227 g/mol. The van der Waals surface area contributed by atoms with Gasteiger partial charge in [0.15, 0.2) is 0 Å². The number of aromatic hydroxyl groups is 1. The van der Waals surface area contributed by atoms with Gasteiger partial charge in [0.1, 0.15) is 5.75 Å². The summed E-state index contributed by atoms with van der Waals surface area (Å²) in [6.45, 7) is 0. The molecule has 0 bridgehead atoms. The average molecular weight is 227 g/mol. The van der Waals surface area contributed by atoms with Gasteiger partial charge in [0.05, 0.1) is 5.56 Å². The minimum absolute atomic E-state index is 0. The molecule has 0 aliphatic heterocycles. The van der Waals surface area contributed by atoms with Gasteiger partial charge >= 0.3 is 5.97 Å². The van der Waals surface area contributed by atoms with E-state index in [2.05, 4.69) is 0 Å². The normalized spacial score (nSPS) is 9.60. The molecular weight excluding hydrogens is 219 g/mol. The first-order valence-corrected chi connectivity index (χ1v) is 4.14. The number of carboxylic acids is 1. The maximum Gasteiger partial charge on any atom is 0.336 e. The van der Waals surface area contributed by atoms with E-state index in [0.29, 0.717) is 5.39 Å². The molecule has 2 N–H and O–H groups in total. The van der Waals surface area contributed by atoms with Crippen molar-refractivity contribution in [2.75, 3.05) is 0 Å². The minimum Gasteiger partial charge on any atom is -0.507 e. The predicted octanol–water partition coefficient (Wildman–Crippen LogP) is 1.86. The van der Waals surface area contributed by atoms with Crippen LogP contribution in [0.5, 0.6) is 5.75 Å². The van der Waals surface area contributed by atoms with Crippen LogP contribution in [-0.4, -0.2) is 67.6 Å². The fourth-order valence-corrected chi connectivity index (χ4v) is 1.50. The standard InChI is InChI=1S/C11H8O3.K/c12-9-6-2-4-7-3-1-5-8(10(7)9)11(13)14;/h1-6,12H,(H,13,14);. The van der Waals surface area contributed by atoms with Crippen molar-refractivity contribution in [3.63, 3.8) is 0 Å². The molecule has 2 aromatic carbocycles. The summed E-state index contributed by atoms with van der Waals surface area (Å²) in [6, 6.07) is 9.83. The zero-order chi connectivity index (χ0) is 10.1. The van der Waals surface area contributed by atoms with Gasteiger partial charge in [-0.15, -0.1) is 0 Å². The molecule has 0 heterocycles. The Morgan fingerprint density at radius 1 is 1.07 bits per heavy atom. The van der Waals surface area contributed by atoms with Crippen molar-refractivity contribution in [3.05, 3.63) is 42.0 Å². The molecular formula is C11H8KO3. The first kappa shape index (κ1) is 12.7. The number of hydrogen-bond donors (Lipinski definition) is 2. The van der Waals surface area contributed by atoms with E-state index in [4.69, 9.17) is 5.11 Å². The Morgan fingerprint density at radius 3 is 2.27 bits per heavy atom. The number of carboxylic acid groups (broad SMARTS) is 1. The molecule has 71 valence electrons. The second-order valence-corrected chi connectivity index (χ2v) is 2.99. The molecule has 3 nitrogen and oxygen atoms in total. The average Bonchev–Trinajstić information content (AvgIpc) is 2.17. The smallest absolute Gasteiger partial charge is 0.336 e. The third-order valence-electron chi connectivity index (χ3n) is 2.11. The summed E-state index contributed by atoms with van der Waals surface area (Å²) < 4.78 is 0. The van der Waals surface area contributed by atoms with Gasteiger partial charge in [0, 0.05) is 56.8 Å². The van der Waals surface area contributed by atoms with Crippen LogP contribution in [-0.2, 0) is 0 Å². The fraction of sp³-hybridized carbons (Fsp3) is 0. The number of benzene rings is 2.